The molecule has 3 heteroatoms. The zero-order valence-corrected chi connectivity index (χ0v) is 10.4. The van der Waals surface area contributed by atoms with E-state index in [1.807, 2.05) is 0 Å². The number of nitrogens with zero attached hydrogens (tertiary/aromatic N) is 1. The van der Waals surface area contributed by atoms with Crippen molar-refractivity contribution in [2.24, 2.45) is 11.7 Å². The van der Waals surface area contributed by atoms with Gasteiger partial charge >= 0.3 is 0 Å². The summed E-state index contributed by atoms with van der Waals surface area (Å²) in [5.41, 5.74) is 5.93. The van der Waals surface area contributed by atoms with Gasteiger partial charge in [-0.2, -0.15) is 0 Å². The molecule has 1 aliphatic rings. The molecule has 0 aromatic rings. The van der Waals surface area contributed by atoms with Crippen LogP contribution in [0.15, 0.2) is 0 Å². The Morgan fingerprint density at radius 2 is 1.93 bits per heavy atom. The summed E-state index contributed by atoms with van der Waals surface area (Å²) in [4.78, 5) is 2.57. The van der Waals surface area contributed by atoms with E-state index in [1.54, 1.807) is 7.11 Å². The molecule has 0 saturated carbocycles. The van der Waals surface area contributed by atoms with E-state index < -0.39 is 0 Å². The second kappa shape index (κ2) is 6.46. The summed E-state index contributed by atoms with van der Waals surface area (Å²) in [5, 5.41) is 0. The van der Waals surface area contributed by atoms with Gasteiger partial charge in [-0.05, 0) is 52.1 Å². The second-order valence-corrected chi connectivity index (χ2v) is 4.86. The van der Waals surface area contributed by atoms with Crippen molar-refractivity contribution in [3.63, 3.8) is 0 Å². The number of rotatable bonds is 5. The molecule has 1 rings (SSSR count). The fourth-order valence-electron chi connectivity index (χ4n) is 2.36. The highest BCUT2D eigenvalue weighted by molar-refractivity contribution is 4.79. The Hall–Kier alpha value is -0.120. The van der Waals surface area contributed by atoms with Crippen LogP contribution in [0.1, 0.15) is 33.1 Å². The molecular weight excluding hydrogens is 188 g/mol. The molecule has 90 valence electrons. The normalized spacial score (nSPS) is 24.0. The van der Waals surface area contributed by atoms with Crippen molar-refractivity contribution >= 4 is 0 Å². The summed E-state index contributed by atoms with van der Waals surface area (Å²) < 4.78 is 5.12. The van der Waals surface area contributed by atoms with Gasteiger partial charge in [0, 0.05) is 25.8 Å². The third-order valence-corrected chi connectivity index (χ3v) is 3.68. The second-order valence-electron chi connectivity index (χ2n) is 4.86. The number of hydrogen-bond donors (Lipinski definition) is 1. The molecule has 1 fully saturated rings. The quantitative estimate of drug-likeness (QED) is 0.753. The van der Waals surface area contributed by atoms with Crippen molar-refractivity contribution in [2.45, 2.75) is 45.2 Å². The number of likely N-dealkylation sites (tertiary alicyclic amines) is 1. The molecule has 0 radical (unpaired) electrons. The first kappa shape index (κ1) is 12.9. The lowest BCUT2D eigenvalue weighted by atomic mass is 9.90. The van der Waals surface area contributed by atoms with Crippen LogP contribution in [0.25, 0.3) is 0 Å². The average molecular weight is 214 g/mol. The highest BCUT2D eigenvalue weighted by Gasteiger charge is 2.24. The van der Waals surface area contributed by atoms with E-state index in [2.05, 4.69) is 18.7 Å². The highest BCUT2D eigenvalue weighted by atomic mass is 16.5. The number of hydrogen-bond acceptors (Lipinski definition) is 3. The van der Waals surface area contributed by atoms with E-state index in [0.717, 1.165) is 18.9 Å². The van der Waals surface area contributed by atoms with Crippen molar-refractivity contribution in [2.75, 3.05) is 26.8 Å². The van der Waals surface area contributed by atoms with E-state index in [-0.39, 0.29) is 0 Å². The summed E-state index contributed by atoms with van der Waals surface area (Å²) in [6.45, 7) is 7.71. The Bertz CT molecular complexity index is 165. The van der Waals surface area contributed by atoms with Crippen molar-refractivity contribution in [1.29, 1.82) is 0 Å². The first-order valence-electron chi connectivity index (χ1n) is 6.13. The maximum Gasteiger partial charge on any atom is 0.0477 e. The van der Waals surface area contributed by atoms with Crippen LogP contribution < -0.4 is 5.73 Å². The van der Waals surface area contributed by atoms with Crippen LogP contribution in [-0.4, -0.2) is 43.8 Å². The minimum atomic E-state index is 0.362. The zero-order valence-electron chi connectivity index (χ0n) is 10.4. The molecule has 2 N–H and O–H groups in total. The van der Waals surface area contributed by atoms with Crippen molar-refractivity contribution in [1.82, 2.24) is 4.90 Å². The van der Waals surface area contributed by atoms with Gasteiger partial charge in [0.2, 0.25) is 0 Å². The summed E-state index contributed by atoms with van der Waals surface area (Å²) >= 11 is 0. The number of nitrogens with two attached hydrogens (primary N) is 1. The predicted molar refractivity (Wildman–Crippen MR) is 63.9 cm³/mol. The van der Waals surface area contributed by atoms with Crippen LogP contribution in [0.3, 0.4) is 0 Å². The van der Waals surface area contributed by atoms with Gasteiger partial charge in [0.25, 0.3) is 0 Å². The average Bonchev–Trinajstić information content (AvgIpc) is 2.26. The third-order valence-electron chi connectivity index (χ3n) is 3.68. The lowest BCUT2D eigenvalue weighted by Crippen LogP contribution is -2.43. The van der Waals surface area contributed by atoms with E-state index in [1.165, 1.54) is 25.9 Å². The molecule has 2 atom stereocenters. The molecule has 1 saturated heterocycles. The van der Waals surface area contributed by atoms with Gasteiger partial charge < -0.3 is 15.4 Å². The predicted octanol–water partition coefficient (Wildman–Crippen LogP) is 1.47. The Morgan fingerprint density at radius 1 is 1.33 bits per heavy atom. The molecule has 0 aliphatic carbocycles. The Labute approximate surface area is 94.0 Å². The minimum Gasteiger partial charge on any atom is -0.385 e. The molecule has 1 aliphatic heterocycles. The fraction of sp³-hybridized carbons (Fsp3) is 1.00. The zero-order chi connectivity index (χ0) is 11.3. The molecule has 0 aromatic heterocycles. The van der Waals surface area contributed by atoms with Gasteiger partial charge in [0.15, 0.2) is 0 Å². The van der Waals surface area contributed by atoms with Crippen LogP contribution in [0.4, 0.5) is 0 Å². The summed E-state index contributed by atoms with van der Waals surface area (Å²) in [7, 11) is 1.77. The van der Waals surface area contributed by atoms with Gasteiger partial charge in [-0.25, -0.2) is 0 Å². The van der Waals surface area contributed by atoms with E-state index >= 15 is 0 Å². The first-order chi connectivity index (χ1) is 7.15. The summed E-state index contributed by atoms with van der Waals surface area (Å²) in [5.74, 6) is 0.732. The molecule has 15 heavy (non-hydrogen) atoms. The lowest BCUT2D eigenvalue weighted by Gasteiger charge is -2.37. The van der Waals surface area contributed by atoms with Gasteiger partial charge in [0.1, 0.15) is 0 Å². The van der Waals surface area contributed by atoms with Gasteiger partial charge in [-0.15, -0.1) is 0 Å². The van der Waals surface area contributed by atoms with Crippen LogP contribution in [-0.2, 0) is 4.74 Å². The van der Waals surface area contributed by atoms with Crippen LogP contribution in [0.5, 0.6) is 0 Å². The summed E-state index contributed by atoms with van der Waals surface area (Å²) in [6, 6.07) is 1.01. The Morgan fingerprint density at radius 3 is 2.40 bits per heavy atom. The van der Waals surface area contributed by atoms with Crippen LogP contribution in [0, 0.1) is 5.92 Å². The monoisotopic (exact) mass is 214 g/mol. The van der Waals surface area contributed by atoms with Gasteiger partial charge in [0.05, 0.1) is 0 Å². The number of piperidine rings is 1. The minimum absolute atomic E-state index is 0.362. The molecule has 0 bridgehead atoms. The fourth-order valence-corrected chi connectivity index (χ4v) is 2.36. The standard InChI is InChI=1S/C12H26N2O/c1-10(6-9-15-3)14-7-4-12(5-8-14)11(2)13/h10-12H,4-9,13H2,1-3H3. The molecule has 3 nitrogen and oxygen atoms in total. The van der Waals surface area contributed by atoms with Gasteiger partial charge in [-0.1, -0.05) is 0 Å². The largest absolute Gasteiger partial charge is 0.385 e. The van der Waals surface area contributed by atoms with Crippen molar-refractivity contribution < 1.29 is 4.74 Å². The van der Waals surface area contributed by atoms with Gasteiger partial charge in [-0.3, -0.25) is 0 Å². The smallest absolute Gasteiger partial charge is 0.0477 e. The topological polar surface area (TPSA) is 38.5 Å². The van der Waals surface area contributed by atoms with Crippen molar-refractivity contribution in [3.05, 3.63) is 0 Å². The van der Waals surface area contributed by atoms with Crippen LogP contribution >= 0.6 is 0 Å². The maximum absolute atomic E-state index is 5.93. The molecule has 0 amide bonds. The SMILES string of the molecule is COCCC(C)N1CCC(C(C)N)CC1. The van der Waals surface area contributed by atoms with E-state index in [4.69, 9.17) is 10.5 Å². The maximum atomic E-state index is 5.93. The van der Waals surface area contributed by atoms with E-state index in [0.29, 0.717) is 12.1 Å². The molecule has 0 aromatic carbocycles. The lowest BCUT2D eigenvalue weighted by molar-refractivity contribution is 0.102. The number of ether oxygens (including phenoxy) is 1. The van der Waals surface area contributed by atoms with E-state index in [9.17, 15) is 0 Å². The number of methoxy groups -OCH3 is 1. The molecule has 2 unspecified atom stereocenters. The first-order valence-corrected chi connectivity index (χ1v) is 6.13. The highest BCUT2D eigenvalue weighted by Crippen LogP contribution is 2.21. The molecule has 1 heterocycles. The van der Waals surface area contributed by atoms with Crippen LogP contribution in [0.2, 0.25) is 0 Å². The Kier molecular flexibility index (Phi) is 5.58. The molecule has 0 spiro atoms. The van der Waals surface area contributed by atoms with Crippen molar-refractivity contribution in [3.8, 4) is 0 Å². The third kappa shape index (κ3) is 4.09. The Balaban J connectivity index is 2.24. The molecular formula is C12H26N2O. The summed E-state index contributed by atoms with van der Waals surface area (Å²) in [6.07, 6.45) is 3.66.